The molecule has 1 unspecified atom stereocenters. The lowest BCUT2D eigenvalue weighted by Gasteiger charge is -2.10. The number of hydrogen-bond acceptors (Lipinski definition) is 2. The second-order valence-electron chi connectivity index (χ2n) is 1.59. The predicted molar refractivity (Wildman–Crippen MR) is 44.8 cm³/mol. The standard InChI is InChI=1S/C5H14NPS/c1-4-5-7-6(2)8-3/h7H,4-5H2,1-3H3. The van der Waals surface area contributed by atoms with Gasteiger partial charge in [-0.1, -0.05) is 25.3 Å². The summed E-state index contributed by atoms with van der Waals surface area (Å²) < 4.78 is 2.28. The topological polar surface area (TPSA) is 3.24 Å². The third-order valence-electron chi connectivity index (χ3n) is 0.858. The molecule has 50 valence electrons. The van der Waals surface area contributed by atoms with Crippen LogP contribution in [0, 0.1) is 0 Å². The summed E-state index contributed by atoms with van der Waals surface area (Å²) in [4.78, 5) is 0. The van der Waals surface area contributed by atoms with Gasteiger partial charge in [0.25, 0.3) is 0 Å². The van der Waals surface area contributed by atoms with Crippen molar-refractivity contribution in [1.29, 1.82) is 0 Å². The van der Waals surface area contributed by atoms with Crippen molar-refractivity contribution in [3.63, 3.8) is 0 Å². The normalized spacial score (nSPS) is 12.0. The van der Waals surface area contributed by atoms with Crippen LogP contribution in [0.3, 0.4) is 0 Å². The first kappa shape index (κ1) is 8.74. The molecule has 0 amide bonds. The van der Waals surface area contributed by atoms with Crippen molar-refractivity contribution in [3.8, 4) is 0 Å². The zero-order valence-electron chi connectivity index (χ0n) is 5.77. The molecule has 1 nitrogen and oxygen atoms in total. The Labute approximate surface area is 58.2 Å². The highest BCUT2D eigenvalue weighted by Gasteiger charge is 1.90. The minimum atomic E-state index is 1.00. The van der Waals surface area contributed by atoms with E-state index in [-0.39, 0.29) is 0 Å². The van der Waals surface area contributed by atoms with Crippen LogP contribution >= 0.6 is 20.7 Å². The maximum Gasteiger partial charge on any atom is 0.00129 e. The Hall–Kier alpha value is 0.740. The summed E-state index contributed by atoms with van der Waals surface area (Å²) in [5.41, 5.74) is 0. The summed E-state index contributed by atoms with van der Waals surface area (Å²) in [5, 5.41) is 0. The molecule has 0 bridgehead atoms. The molecule has 0 spiro atoms. The van der Waals surface area contributed by atoms with Crippen LogP contribution in [0.1, 0.15) is 13.3 Å². The van der Waals surface area contributed by atoms with Gasteiger partial charge in [-0.15, -0.1) is 0 Å². The Kier molecular flexibility index (Phi) is 6.41. The molecule has 0 aliphatic heterocycles. The highest BCUT2D eigenvalue weighted by molar-refractivity contribution is 7.99. The van der Waals surface area contributed by atoms with E-state index < -0.39 is 0 Å². The molecule has 0 rings (SSSR count). The first-order chi connectivity index (χ1) is 3.81. The molecular formula is C5H14NPS. The highest BCUT2D eigenvalue weighted by Crippen LogP contribution is 2.22. The van der Waals surface area contributed by atoms with E-state index in [1.54, 1.807) is 0 Å². The van der Waals surface area contributed by atoms with Crippen molar-refractivity contribution in [1.82, 2.24) is 4.08 Å². The molecule has 0 heterocycles. The van der Waals surface area contributed by atoms with Crippen molar-refractivity contribution in [2.24, 2.45) is 0 Å². The molecule has 8 heavy (non-hydrogen) atoms. The lowest BCUT2D eigenvalue weighted by Crippen LogP contribution is -1.93. The minimum Gasteiger partial charge on any atom is -0.235 e. The van der Waals surface area contributed by atoms with Gasteiger partial charge in [0.05, 0.1) is 0 Å². The molecule has 0 radical (unpaired) electrons. The predicted octanol–water partition coefficient (Wildman–Crippen LogP) is 2.20. The molecule has 0 aliphatic rings. The highest BCUT2D eigenvalue weighted by atomic mass is 32.2. The van der Waals surface area contributed by atoms with E-state index in [9.17, 15) is 0 Å². The van der Waals surface area contributed by atoms with E-state index in [2.05, 4.69) is 24.3 Å². The lowest BCUT2D eigenvalue weighted by molar-refractivity contribution is 0.919. The Bertz CT molecular complexity index is 51.7. The fourth-order valence-corrected chi connectivity index (χ4v) is 1.66. The average Bonchev–Trinajstić information content (AvgIpc) is 1.83. The maximum atomic E-state index is 2.28. The van der Waals surface area contributed by atoms with Crippen LogP contribution in [0.2, 0.25) is 0 Å². The first-order valence-electron chi connectivity index (χ1n) is 2.82. The van der Waals surface area contributed by atoms with E-state index in [4.69, 9.17) is 0 Å². The molecule has 3 heteroatoms. The largest absolute Gasteiger partial charge is 0.235 e. The third-order valence-corrected chi connectivity index (χ3v) is 3.51. The van der Waals surface area contributed by atoms with Gasteiger partial charge in [0.1, 0.15) is 0 Å². The summed E-state index contributed by atoms with van der Waals surface area (Å²) in [6.45, 7) is 2.22. The fourth-order valence-electron chi connectivity index (χ4n) is 0.334. The molecule has 0 aromatic heterocycles. The van der Waals surface area contributed by atoms with Crippen molar-refractivity contribution in [2.45, 2.75) is 13.3 Å². The van der Waals surface area contributed by atoms with E-state index in [0.717, 1.165) is 8.73 Å². The van der Waals surface area contributed by atoms with E-state index in [1.165, 1.54) is 12.6 Å². The van der Waals surface area contributed by atoms with Crippen molar-refractivity contribution < 1.29 is 0 Å². The van der Waals surface area contributed by atoms with Crippen molar-refractivity contribution in [3.05, 3.63) is 0 Å². The van der Waals surface area contributed by atoms with Crippen LogP contribution in [0.25, 0.3) is 0 Å². The molecule has 0 aromatic rings. The summed E-state index contributed by atoms with van der Waals surface area (Å²) in [6.07, 6.45) is 4.77. The fraction of sp³-hybridized carbons (Fsp3) is 1.00. The van der Waals surface area contributed by atoms with Crippen LogP contribution in [0.5, 0.6) is 0 Å². The average molecular weight is 151 g/mol. The van der Waals surface area contributed by atoms with Crippen molar-refractivity contribution in [2.75, 3.05) is 19.5 Å². The van der Waals surface area contributed by atoms with E-state index in [1.807, 2.05) is 11.9 Å². The zero-order chi connectivity index (χ0) is 6.41. The second kappa shape index (κ2) is 5.87. The Balaban J connectivity index is 2.86. The molecule has 0 N–H and O–H groups in total. The van der Waals surface area contributed by atoms with Crippen LogP contribution in [-0.4, -0.2) is 23.5 Å². The first-order valence-corrected chi connectivity index (χ1v) is 5.16. The minimum absolute atomic E-state index is 1.00. The molecule has 0 saturated heterocycles. The number of rotatable bonds is 4. The number of hydrogen-bond donors (Lipinski definition) is 0. The summed E-state index contributed by atoms with van der Waals surface area (Å²) in [7, 11) is 3.14. The van der Waals surface area contributed by atoms with Gasteiger partial charge in [-0.3, -0.25) is 0 Å². The zero-order valence-corrected chi connectivity index (χ0v) is 7.59. The summed E-state index contributed by atoms with van der Waals surface area (Å²) in [5.74, 6) is 0. The molecule has 0 aliphatic carbocycles. The van der Waals surface area contributed by atoms with Gasteiger partial charge in [0, 0.05) is 7.05 Å². The van der Waals surface area contributed by atoms with Crippen molar-refractivity contribution >= 4 is 20.7 Å². The van der Waals surface area contributed by atoms with Crippen LogP contribution in [-0.2, 0) is 0 Å². The maximum absolute atomic E-state index is 2.28. The Morgan fingerprint density at radius 2 is 2.25 bits per heavy atom. The molecular weight excluding hydrogens is 137 g/mol. The van der Waals surface area contributed by atoms with Crippen LogP contribution in [0.4, 0.5) is 0 Å². The quantitative estimate of drug-likeness (QED) is 0.447. The summed E-state index contributed by atoms with van der Waals surface area (Å²) >= 11 is 1.81. The lowest BCUT2D eigenvalue weighted by atomic mass is 10.6. The van der Waals surface area contributed by atoms with Gasteiger partial charge in [0.15, 0.2) is 0 Å². The number of nitrogens with zero attached hydrogens (tertiary/aromatic N) is 1. The van der Waals surface area contributed by atoms with Gasteiger partial charge < -0.3 is 0 Å². The Morgan fingerprint density at radius 3 is 2.62 bits per heavy atom. The molecule has 1 atom stereocenters. The molecule has 0 aromatic carbocycles. The third kappa shape index (κ3) is 4.89. The van der Waals surface area contributed by atoms with Gasteiger partial charge >= 0.3 is 0 Å². The molecule has 0 saturated carbocycles. The van der Waals surface area contributed by atoms with Gasteiger partial charge in [0.2, 0.25) is 0 Å². The van der Waals surface area contributed by atoms with E-state index in [0.29, 0.717) is 0 Å². The second-order valence-corrected chi connectivity index (χ2v) is 4.31. The Morgan fingerprint density at radius 1 is 1.62 bits per heavy atom. The van der Waals surface area contributed by atoms with Crippen LogP contribution in [0.15, 0.2) is 0 Å². The van der Waals surface area contributed by atoms with Gasteiger partial charge in [-0.05, 0) is 21.1 Å². The summed E-state index contributed by atoms with van der Waals surface area (Å²) in [6, 6.07) is 0. The van der Waals surface area contributed by atoms with Gasteiger partial charge in [-0.2, -0.15) is 0 Å². The van der Waals surface area contributed by atoms with Gasteiger partial charge in [-0.25, -0.2) is 4.08 Å². The SMILES string of the molecule is CCCPN(C)SC. The van der Waals surface area contributed by atoms with Crippen LogP contribution < -0.4 is 0 Å². The van der Waals surface area contributed by atoms with E-state index >= 15 is 0 Å². The molecule has 0 fully saturated rings. The smallest absolute Gasteiger partial charge is 0.00129 e. The monoisotopic (exact) mass is 151 g/mol.